The summed E-state index contributed by atoms with van der Waals surface area (Å²) < 4.78 is 7.17. The van der Waals surface area contributed by atoms with Crippen molar-refractivity contribution in [2.24, 2.45) is 7.05 Å². The Kier molecular flexibility index (Phi) is 2.44. The molecular formula is C8H14N4O. The Morgan fingerprint density at radius 1 is 1.77 bits per heavy atom. The lowest BCUT2D eigenvalue weighted by atomic mass is 10.2. The van der Waals surface area contributed by atoms with Gasteiger partial charge in [-0.25, -0.2) is 4.68 Å². The normalized spacial score (nSPS) is 22.1. The Morgan fingerprint density at radius 2 is 2.69 bits per heavy atom. The molecule has 1 aromatic rings. The molecule has 2 rings (SSSR count). The van der Waals surface area contributed by atoms with Crippen molar-refractivity contribution in [3.63, 3.8) is 0 Å². The van der Waals surface area contributed by atoms with E-state index in [0.29, 0.717) is 12.6 Å². The first-order valence-corrected chi connectivity index (χ1v) is 4.57. The van der Waals surface area contributed by atoms with E-state index in [-0.39, 0.29) is 0 Å². The molecule has 1 unspecified atom stereocenters. The summed E-state index contributed by atoms with van der Waals surface area (Å²) in [6.07, 6.45) is 4.08. The largest absolute Gasteiger partial charge is 0.475 e. The maximum absolute atomic E-state index is 5.54. The van der Waals surface area contributed by atoms with Gasteiger partial charge in [0.15, 0.2) is 0 Å². The molecule has 5 nitrogen and oxygen atoms in total. The molecule has 0 spiro atoms. The smallest absolute Gasteiger partial charge is 0.232 e. The van der Waals surface area contributed by atoms with Gasteiger partial charge in [-0.2, -0.15) is 0 Å². The molecule has 13 heavy (non-hydrogen) atoms. The fourth-order valence-corrected chi connectivity index (χ4v) is 1.50. The maximum atomic E-state index is 5.54. The van der Waals surface area contributed by atoms with E-state index in [1.807, 2.05) is 7.05 Å². The topological polar surface area (TPSA) is 52.0 Å². The Morgan fingerprint density at radius 3 is 3.31 bits per heavy atom. The molecule has 0 aromatic carbocycles. The molecule has 1 fully saturated rings. The molecule has 1 N–H and O–H groups in total. The standard InChI is InChI=1S/C8H14N4O/c1-12-8(5-10-11-12)13-6-7-3-2-4-9-7/h5,7,9H,2-4,6H2,1H3. The molecular weight excluding hydrogens is 168 g/mol. The lowest BCUT2D eigenvalue weighted by molar-refractivity contribution is 0.256. The highest BCUT2D eigenvalue weighted by Crippen LogP contribution is 2.09. The van der Waals surface area contributed by atoms with Gasteiger partial charge in [-0.3, -0.25) is 0 Å². The van der Waals surface area contributed by atoms with Gasteiger partial charge in [0, 0.05) is 13.1 Å². The molecule has 0 amide bonds. The minimum absolute atomic E-state index is 0.495. The maximum Gasteiger partial charge on any atom is 0.232 e. The summed E-state index contributed by atoms with van der Waals surface area (Å²) in [6, 6.07) is 0.495. The summed E-state index contributed by atoms with van der Waals surface area (Å²) in [5.41, 5.74) is 0. The van der Waals surface area contributed by atoms with Crippen LogP contribution in [0.1, 0.15) is 12.8 Å². The zero-order chi connectivity index (χ0) is 9.10. The van der Waals surface area contributed by atoms with E-state index in [1.54, 1.807) is 10.9 Å². The quantitative estimate of drug-likeness (QED) is 0.712. The van der Waals surface area contributed by atoms with Crippen LogP contribution in [0.3, 0.4) is 0 Å². The molecule has 2 heterocycles. The number of hydrogen-bond donors (Lipinski definition) is 1. The number of aryl methyl sites for hydroxylation is 1. The molecule has 1 aromatic heterocycles. The van der Waals surface area contributed by atoms with Crippen molar-refractivity contribution in [3.8, 4) is 5.88 Å². The molecule has 0 saturated carbocycles. The van der Waals surface area contributed by atoms with Crippen LogP contribution >= 0.6 is 0 Å². The van der Waals surface area contributed by atoms with Crippen molar-refractivity contribution < 1.29 is 4.74 Å². The Labute approximate surface area is 77.1 Å². The number of rotatable bonds is 3. The summed E-state index contributed by atoms with van der Waals surface area (Å²) in [6.45, 7) is 1.82. The second kappa shape index (κ2) is 3.74. The van der Waals surface area contributed by atoms with E-state index < -0.39 is 0 Å². The number of hydrogen-bond acceptors (Lipinski definition) is 4. The fourth-order valence-electron chi connectivity index (χ4n) is 1.50. The summed E-state index contributed by atoms with van der Waals surface area (Å²) in [5.74, 6) is 0.730. The van der Waals surface area contributed by atoms with Crippen molar-refractivity contribution in [1.29, 1.82) is 0 Å². The average Bonchev–Trinajstić information content (AvgIpc) is 2.72. The van der Waals surface area contributed by atoms with Crippen LogP contribution in [0.4, 0.5) is 0 Å². The number of aromatic nitrogens is 3. The summed E-state index contributed by atoms with van der Waals surface area (Å²) in [7, 11) is 1.82. The fraction of sp³-hybridized carbons (Fsp3) is 0.750. The first-order chi connectivity index (χ1) is 6.36. The second-order valence-electron chi connectivity index (χ2n) is 3.30. The van der Waals surface area contributed by atoms with Crippen LogP contribution in [0.15, 0.2) is 6.20 Å². The molecule has 1 saturated heterocycles. The minimum Gasteiger partial charge on any atom is -0.475 e. The number of nitrogens with zero attached hydrogens (tertiary/aromatic N) is 3. The van der Waals surface area contributed by atoms with Gasteiger partial charge in [0.05, 0.1) is 0 Å². The molecule has 0 bridgehead atoms. The lowest BCUT2D eigenvalue weighted by Crippen LogP contribution is -2.28. The zero-order valence-corrected chi connectivity index (χ0v) is 7.73. The van der Waals surface area contributed by atoms with Gasteiger partial charge >= 0.3 is 0 Å². The second-order valence-corrected chi connectivity index (χ2v) is 3.30. The summed E-state index contributed by atoms with van der Waals surface area (Å²) >= 11 is 0. The van der Waals surface area contributed by atoms with E-state index in [1.165, 1.54) is 12.8 Å². The predicted molar refractivity (Wildman–Crippen MR) is 47.5 cm³/mol. The number of ether oxygens (including phenoxy) is 1. The van der Waals surface area contributed by atoms with E-state index in [9.17, 15) is 0 Å². The molecule has 0 aliphatic carbocycles. The van der Waals surface area contributed by atoms with Gasteiger partial charge < -0.3 is 10.1 Å². The van der Waals surface area contributed by atoms with Gasteiger partial charge in [0.1, 0.15) is 12.8 Å². The Balaban J connectivity index is 1.82. The molecule has 5 heteroatoms. The third-order valence-corrected chi connectivity index (χ3v) is 2.27. The molecule has 0 radical (unpaired) electrons. The van der Waals surface area contributed by atoms with Crippen LogP contribution in [0, 0.1) is 0 Å². The molecule has 72 valence electrons. The van der Waals surface area contributed by atoms with Crippen LogP contribution in [-0.4, -0.2) is 34.2 Å². The summed E-state index contributed by atoms with van der Waals surface area (Å²) in [5, 5.41) is 10.9. The molecule has 1 atom stereocenters. The minimum atomic E-state index is 0.495. The van der Waals surface area contributed by atoms with Crippen LogP contribution in [-0.2, 0) is 7.05 Å². The lowest BCUT2D eigenvalue weighted by Gasteiger charge is -2.10. The van der Waals surface area contributed by atoms with Crippen LogP contribution in [0.5, 0.6) is 5.88 Å². The van der Waals surface area contributed by atoms with Crippen LogP contribution in [0.2, 0.25) is 0 Å². The van der Waals surface area contributed by atoms with E-state index in [4.69, 9.17) is 4.74 Å². The van der Waals surface area contributed by atoms with Crippen molar-refractivity contribution in [1.82, 2.24) is 20.3 Å². The van der Waals surface area contributed by atoms with E-state index >= 15 is 0 Å². The first-order valence-electron chi connectivity index (χ1n) is 4.57. The van der Waals surface area contributed by atoms with Crippen LogP contribution in [0.25, 0.3) is 0 Å². The van der Waals surface area contributed by atoms with Crippen LogP contribution < -0.4 is 10.1 Å². The first kappa shape index (κ1) is 8.50. The van der Waals surface area contributed by atoms with Gasteiger partial charge in [0.25, 0.3) is 0 Å². The highest BCUT2D eigenvalue weighted by molar-refractivity contribution is 5.00. The highest BCUT2D eigenvalue weighted by Gasteiger charge is 2.14. The Hall–Kier alpha value is -1.10. The third kappa shape index (κ3) is 1.98. The van der Waals surface area contributed by atoms with Gasteiger partial charge in [-0.1, -0.05) is 5.21 Å². The SMILES string of the molecule is Cn1nncc1OCC1CCCN1. The van der Waals surface area contributed by atoms with E-state index in [0.717, 1.165) is 12.4 Å². The van der Waals surface area contributed by atoms with Gasteiger partial charge in [-0.15, -0.1) is 5.10 Å². The Bertz CT molecular complexity index is 267. The number of nitrogens with one attached hydrogen (secondary N) is 1. The molecule has 1 aliphatic rings. The van der Waals surface area contributed by atoms with Crippen molar-refractivity contribution in [3.05, 3.63) is 6.20 Å². The monoisotopic (exact) mass is 182 g/mol. The average molecular weight is 182 g/mol. The van der Waals surface area contributed by atoms with Crippen molar-refractivity contribution in [2.45, 2.75) is 18.9 Å². The third-order valence-electron chi connectivity index (χ3n) is 2.27. The van der Waals surface area contributed by atoms with Gasteiger partial charge in [0.2, 0.25) is 5.88 Å². The van der Waals surface area contributed by atoms with Gasteiger partial charge in [-0.05, 0) is 19.4 Å². The predicted octanol–water partition coefficient (Wildman–Crippen LogP) is -0.0541. The van der Waals surface area contributed by atoms with Crippen molar-refractivity contribution >= 4 is 0 Å². The van der Waals surface area contributed by atoms with Crippen molar-refractivity contribution in [2.75, 3.05) is 13.2 Å². The summed E-state index contributed by atoms with van der Waals surface area (Å²) in [4.78, 5) is 0. The van der Waals surface area contributed by atoms with E-state index in [2.05, 4.69) is 15.6 Å². The molecule has 1 aliphatic heterocycles. The highest BCUT2D eigenvalue weighted by atomic mass is 16.5. The zero-order valence-electron chi connectivity index (χ0n) is 7.73.